The first-order valence-electron chi connectivity index (χ1n) is 7.47. The van der Waals surface area contributed by atoms with Crippen LogP contribution in [0.2, 0.25) is 0 Å². The number of rotatable bonds is 1. The number of ketones is 1. The fraction of sp³-hybridized carbons (Fsp3) is 0.316. The van der Waals surface area contributed by atoms with Gasteiger partial charge in [0.25, 0.3) is 0 Å². The molecule has 0 fully saturated rings. The van der Waals surface area contributed by atoms with Crippen LogP contribution in [0.25, 0.3) is 16.3 Å². The van der Waals surface area contributed by atoms with Crippen LogP contribution >= 0.6 is 0 Å². The van der Waals surface area contributed by atoms with Gasteiger partial charge in [-0.3, -0.25) is 4.79 Å². The molecule has 1 unspecified atom stereocenters. The van der Waals surface area contributed by atoms with Gasteiger partial charge in [-0.15, -0.1) is 0 Å². The Hall–Kier alpha value is -2.09. The Balaban J connectivity index is 1.95. The van der Waals surface area contributed by atoms with E-state index in [4.69, 9.17) is 4.74 Å². The minimum atomic E-state index is -0.257. The fourth-order valence-electron chi connectivity index (χ4n) is 3.87. The van der Waals surface area contributed by atoms with E-state index in [0.29, 0.717) is 12.2 Å². The van der Waals surface area contributed by atoms with E-state index in [2.05, 4.69) is 37.3 Å². The van der Waals surface area contributed by atoms with Crippen molar-refractivity contribution in [2.24, 2.45) is 5.41 Å². The van der Waals surface area contributed by atoms with Gasteiger partial charge < -0.3 is 4.74 Å². The van der Waals surface area contributed by atoms with E-state index in [1.165, 1.54) is 27.5 Å². The first kappa shape index (κ1) is 12.6. The monoisotopic (exact) mass is 278 g/mol. The third kappa shape index (κ3) is 1.62. The number of Topliss-reactive ketones (excluding diaryl/α,β-unsaturated/α-hetero) is 1. The summed E-state index contributed by atoms with van der Waals surface area (Å²) in [4.78, 5) is 12.2. The van der Waals surface area contributed by atoms with Crippen LogP contribution in [0.1, 0.15) is 30.9 Å². The molecule has 106 valence electrons. The molecule has 2 aromatic rings. The zero-order chi connectivity index (χ0) is 14.6. The summed E-state index contributed by atoms with van der Waals surface area (Å²) in [6, 6.07) is 10.6. The first-order valence-corrected chi connectivity index (χ1v) is 7.47. The lowest BCUT2D eigenvalue weighted by Crippen LogP contribution is -2.29. The summed E-state index contributed by atoms with van der Waals surface area (Å²) in [7, 11) is 1.69. The average Bonchev–Trinajstić information content (AvgIpc) is 2.82. The fourth-order valence-corrected chi connectivity index (χ4v) is 3.87. The van der Waals surface area contributed by atoms with Gasteiger partial charge in [0, 0.05) is 6.42 Å². The first-order chi connectivity index (χ1) is 10.1. The Labute approximate surface area is 124 Å². The van der Waals surface area contributed by atoms with Crippen LogP contribution in [0.3, 0.4) is 0 Å². The zero-order valence-corrected chi connectivity index (χ0v) is 12.4. The van der Waals surface area contributed by atoms with Gasteiger partial charge in [0.1, 0.15) is 11.5 Å². The largest absolute Gasteiger partial charge is 0.497 e. The van der Waals surface area contributed by atoms with Crippen LogP contribution in [-0.4, -0.2) is 12.9 Å². The molecule has 1 atom stereocenters. The zero-order valence-electron chi connectivity index (χ0n) is 12.4. The van der Waals surface area contributed by atoms with Crippen LogP contribution in [0.5, 0.6) is 5.75 Å². The van der Waals surface area contributed by atoms with E-state index in [0.717, 1.165) is 18.6 Å². The van der Waals surface area contributed by atoms with Gasteiger partial charge in [-0.25, -0.2) is 0 Å². The second-order valence-corrected chi connectivity index (χ2v) is 6.26. The Kier molecular flexibility index (Phi) is 2.53. The van der Waals surface area contributed by atoms with Crippen molar-refractivity contribution >= 4 is 22.1 Å². The van der Waals surface area contributed by atoms with Crippen molar-refractivity contribution in [1.29, 1.82) is 0 Å². The highest BCUT2D eigenvalue weighted by molar-refractivity contribution is 6.06. The third-order valence-corrected chi connectivity index (χ3v) is 5.21. The molecule has 0 heterocycles. The number of hydrogen-bond donors (Lipinski definition) is 0. The molecule has 4 rings (SSSR count). The van der Waals surface area contributed by atoms with E-state index in [-0.39, 0.29) is 5.41 Å². The van der Waals surface area contributed by atoms with Crippen molar-refractivity contribution in [1.82, 2.24) is 0 Å². The maximum Gasteiger partial charge on any atom is 0.146 e. The number of allylic oxidation sites excluding steroid dienone is 2. The summed E-state index contributed by atoms with van der Waals surface area (Å²) in [6.07, 6.45) is 4.62. The van der Waals surface area contributed by atoms with Crippen molar-refractivity contribution in [3.05, 3.63) is 47.5 Å². The number of carbonyl (C=O) groups is 1. The topological polar surface area (TPSA) is 26.3 Å². The van der Waals surface area contributed by atoms with Crippen molar-refractivity contribution < 1.29 is 9.53 Å². The summed E-state index contributed by atoms with van der Waals surface area (Å²) in [5.41, 5.74) is 3.64. The lowest BCUT2D eigenvalue weighted by atomic mass is 9.69. The summed E-state index contributed by atoms with van der Waals surface area (Å²) in [5.74, 6) is 1.26. The van der Waals surface area contributed by atoms with Gasteiger partial charge in [-0.2, -0.15) is 0 Å². The van der Waals surface area contributed by atoms with Crippen molar-refractivity contribution in [3.8, 4) is 5.75 Å². The number of benzene rings is 2. The third-order valence-electron chi connectivity index (χ3n) is 5.21. The highest BCUT2D eigenvalue weighted by atomic mass is 16.5. The lowest BCUT2D eigenvalue weighted by molar-refractivity contribution is -0.123. The number of carbonyl (C=O) groups excluding carboxylic acids is 1. The predicted molar refractivity (Wildman–Crippen MR) is 84.5 cm³/mol. The molecule has 0 aliphatic heterocycles. The number of aryl methyl sites for hydroxylation is 1. The molecule has 2 nitrogen and oxygen atoms in total. The van der Waals surface area contributed by atoms with Gasteiger partial charge in [-0.1, -0.05) is 24.3 Å². The molecular weight excluding hydrogens is 260 g/mol. The molecule has 0 aromatic heterocycles. The second-order valence-electron chi connectivity index (χ2n) is 6.26. The number of ether oxygens (including phenoxy) is 1. The van der Waals surface area contributed by atoms with E-state index < -0.39 is 0 Å². The van der Waals surface area contributed by atoms with Gasteiger partial charge in [0.15, 0.2) is 0 Å². The average molecular weight is 278 g/mol. The van der Waals surface area contributed by atoms with Crippen LogP contribution in [0.4, 0.5) is 0 Å². The number of fused-ring (bicyclic) bond motifs is 5. The molecule has 0 saturated carbocycles. The van der Waals surface area contributed by atoms with Gasteiger partial charge in [0.2, 0.25) is 0 Å². The maximum atomic E-state index is 12.2. The van der Waals surface area contributed by atoms with E-state index in [9.17, 15) is 4.79 Å². The molecule has 0 amide bonds. The van der Waals surface area contributed by atoms with Crippen molar-refractivity contribution in [2.75, 3.05) is 7.11 Å². The summed E-state index contributed by atoms with van der Waals surface area (Å²) >= 11 is 0. The van der Waals surface area contributed by atoms with E-state index >= 15 is 0 Å². The quantitative estimate of drug-likeness (QED) is 0.783. The second kappa shape index (κ2) is 4.20. The van der Waals surface area contributed by atoms with E-state index in [1.807, 2.05) is 6.07 Å². The highest BCUT2D eigenvalue weighted by Gasteiger charge is 2.43. The summed E-state index contributed by atoms with van der Waals surface area (Å²) in [5, 5.41) is 2.50. The van der Waals surface area contributed by atoms with Crippen LogP contribution in [0.15, 0.2) is 36.4 Å². The molecule has 0 spiro atoms. The molecule has 21 heavy (non-hydrogen) atoms. The minimum absolute atomic E-state index is 0.257. The van der Waals surface area contributed by atoms with Gasteiger partial charge in [-0.05, 0) is 59.4 Å². The standard InChI is InChI=1S/C19H18O2/c1-19-10-9-15-14-6-4-13(21-2)11-12(14)3-5-16(15)17(19)7-8-18(19)20/h3-7,11H,8-10H2,1-2H3. The molecule has 2 aliphatic rings. The maximum absolute atomic E-state index is 12.2. The Morgan fingerprint density at radius 1 is 1.19 bits per heavy atom. The van der Waals surface area contributed by atoms with Gasteiger partial charge >= 0.3 is 0 Å². The Bertz CT molecular complexity index is 801. The lowest BCUT2D eigenvalue weighted by Gasteiger charge is -2.33. The smallest absolute Gasteiger partial charge is 0.146 e. The molecule has 0 radical (unpaired) electrons. The molecular formula is C19H18O2. The Morgan fingerprint density at radius 3 is 2.86 bits per heavy atom. The van der Waals surface area contributed by atoms with Crippen LogP contribution < -0.4 is 4.74 Å². The SMILES string of the molecule is COc1ccc2c3c(ccc2c1)C1=CCC(=O)C1(C)CC3. The van der Waals surface area contributed by atoms with Crippen molar-refractivity contribution in [3.63, 3.8) is 0 Å². The predicted octanol–water partition coefficient (Wildman–Crippen LogP) is 4.16. The van der Waals surface area contributed by atoms with Crippen LogP contribution in [0, 0.1) is 5.41 Å². The van der Waals surface area contributed by atoms with E-state index in [1.54, 1.807) is 7.11 Å². The highest BCUT2D eigenvalue weighted by Crippen LogP contribution is 2.51. The van der Waals surface area contributed by atoms with Crippen molar-refractivity contribution in [2.45, 2.75) is 26.2 Å². The molecule has 2 heteroatoms. The van der Waals surface area contributed by atoms with Gasteiger partial charge in [0.05, 0.1) is 12.5 Å². The summed E-state index contributed by atoms with van der Waals surface area (Å²) in [6.45, 7) is 2.11. The van der Waals surface area contributed by atoms with Crippen LogP contribution in [-0.2, 0) is 11.2 Å². The molecule has 0 saturated heterocycles. The molecule has 0 bridgehead atoms. The normalized spacial score (nSPS) is 23.7. The minimum Gasteiger partial charge on any atom is -0.497 e. The summed E-state index contributed by atoms with van der Waals surface area (Å²) < 4.78 is 5.31. The Morgan fingerprint density at radius 2 is 2.05 bits per heavy atom. The molecule has 0 N–H and O–H groups in total. The molecule has 2 aromatic carbocycles. The number of hydrogen-bond acceptors (Lipinski definition) is 2. The number of methoxy groups -OCH3 is 1. The molecule has 2 aliphatic carbocycles.